The number of nitrogens with zero attached hydrogens (tertiary/aromatic N) is 2. The summed E-state index contributed by atoms with van der Waals surface area (Å²) in [7, 11) is 0. The van der Waals surface area contributed by atoms with E-state index in [1.807, 2.05) is 12.1 Å². The average Bonchev–Trinajstić information content (AvgIpc) is 3.01. The molecule has 1 saturated heterocycles. The zero-order valence-electron chi connectivity index (χ0n) is 15.0. The first-order valence-electron chi connectivity index (χ1n) is 9.41. The highest BCUT2D eigenvalue weighted by atomic mass is 35.5. The molecular weight excluding hydrogens is 344 g/mol. The van der Waals surface area contributed by atoms with E-state index < -0.39 is 0 Å². The van der Waals surface area contributed by atoms with Gasteiger partial charge in [0.2, 0.25) is 0 Å². The third-order valence-corrected chi connectivity index (χ3v) is 5.37. The zero-order chi connectivity index (χ0) is 17.8. The summed E-state index contributed by atoms with van der Waals surface area (Å²) in [6.07, 6.45) is 4.62. The average molecular weight is 369 g/mol. The summed E-state index contributed by atoms with van der Waals surface area (Å²) >= 11 is 6.15. The van der Waals surface area contributed by atoms with E-state index in [1.165, 1.54) is 28.5 Å². The van der Waals surface area contributed by atoms with Crippen molar-refractivity contribution in [1.82, 2.24) is 9.47 Å². The van der Waals surface area contributed by atoms with Crippen LogP contribution >= 0.6 is 11.6 Å². The molecule has 1 aliphatic rings. The van der Waals surface area contributed by atoms with Crippen molar-refractivity contribution in [2.45, 2.75) is 19.4 Å². The van der Waals surface area contributed by atoms with E-state index in [9.17, 15) is 0 Å². The molecule has 1 aliphatic heterocycles. The molecule has 26 heavy (non-hydrogen) atoms. The molecule has 0 atom stereocenters. The van der Waals surface area contributed by atoms with Crippen LogP contribution in [0.2, 0.25) is 5.02 Å². The Morgan fingerprint density at radius 1 is 1.00 bits per heavy atom. The van der Waals surface area contributed by atoms with Gasteiger partial charge in [0.15, 0.2) is 0 Å². The Balaban J connectivity index is 1.50. The van der Waals surface area contributed by atoms with Gasteiger partial charge in [0.05, 0.1) is 13.2 Å². The van der Waals surface area contributed by atoms with Gasteiger partial charge in [-0.3, -0.25) is 4.90 Å². The first-order chi connectivity index (χ1) is 12.8. The number of para-hydroxylation sites is 1. The molecule has 0 radical (unpaired) electrons. The number of halogens is 1. The second kappa shape index (κ2) is 8.26. The number of aromatic nitrogens is 1. The lowest BCUT2D eigenvalue weighted by atomic mass is 10.1. The van der Waals surface area contributed by atoms with Crippen LogP contribution in [0.4, 0.5) is 0 Å². The Bertz CT molecular complexity index is 867. The molecule has 2 heterocycles. The van der Waals surface area contributed by atoms with Crippen molar-refractivity contribution in [3.8, 4) is 0 Å². The number of fused-ring (bicyclic) bond motifs is 1. The van der Waals surface area contributed by atoms with Gasteiger partial charge < -0.3 is 9.30 Å². The number of morpholine rings is 1. The minimum Gasteiger partial charge on any atom is -0.379 e. The SMILES string of the molecule is Clc1cccc(Cn2cc(CCCN3CCOCC3)c3ccccc32)c1. The smallest absolute Gasteiger partial charge is 0.0594 e. The summed E-state index contributed by atoms with van der Waals surface area (Å²) in [5.74, 6) is 0. The number of hydrogen-bond donors (Lipinski definition) is 0. The molecular formula is C22H25ClN2O. The van der Waals surface area contributed by atoms with Gasteiger partial charge in [-0.1, -0.05) is 41.9 Å². The summed E-state index contributed by atoms with van der Waals surface area (Å²) in [6, 6.07) is 16.8. The van der Waals surface area contributed by atoms with Crippen molar-refractivity contribution >= 4 is 22.5 Å². The van der Waals surface area contributed by atoms with Gasteiger partial charge in [-0.25, -0.2) is 0 Å². The van der Waals surface area contributed by atoms with Crippen molar-refractivity contribution in [2.24, 2.45) is 0 Å². The lowest BCUT2D eigenvalue weighted by Gasteiger charge is -2.26. The fourth-order valence-electron chi connectivity index (χ4n) is 3.80. The van der Waals surface area contributed by atoms with Crippen LogP contribution in [0.1, 0.15) is 17.5 Å². The number of hydrogen-bond acceptors (Lipinski definition) is 2. The van der Waals surface area contributed by atoms with Gasteiger partial charge in [-0.2, -0.15) is 0 Å². The van der Waals surface area contributed by atoms with Crippen molar-refractivity contribution < 1.29 is 4.74 Å². The fraction of sp³-hybridized carbons (Fsp3) is 0.364. The van der Waals surface area contributed by atoms with E-state index in [0.29, 0.717) is 0 Å². The van der Waals surface area contributed by atoms with E-state index in [-0.39, 0.29) is 0 Å². The lowest BCUT2D eigenvalue weighted by Crippen LogP contribution is -2.36. The Hall–Kier alpha value is -1.81. The molecule has 0 N–H and O–H groups in total. The molecule has 0 amide bonds. The number of benzene rings is 2. The zero-order valence-corrected chi connectivity index (χ0v) is 15.8. The van der Waals surface area contributed by atoms with Crippen LogP contribution in [0.5, 0.6) is 0 Å². The maximum absolute atomic E-state index is 6.15. The molecule has 4 rings (SSSR count). The molecule has 0 bridgehead atoms. The second-order valence-corrected chi connectivity index (χ2v) is 7.42. The van der Waals surface area contributed by atoms with Gasteiger partial charge in [0.1, 0.15) is 0 Å². The Morgan fingerprint density at radius 3 is 2.69 bits per heavy atom. The third kappa shape index (κ3) is 4.12. The highest BCUT2D eigenvalue weighted by molar-refractivity contribution is 6.30. The van der Waals surface area contributed by atoms with Crippen molar-refractivity contribution in [1.29, 1.82) is 0 Å². The van der Waals surface area contributed by atoms with Gasteiger partial charge >= 0.3 is 0 Å². The van der Waals surface area contributed by atoms with Crippen molar-refractivity contribution in [3.63, 3.8) is 0 Å². The molecule has 2 aromatic carbocycles. The number of aryl methyl sites for hydroxylation is 1. The van der Waals surface area contributed by atoms with E-state index in [0.717, 1.165) is 50.8 Å². The predicted molar refractivity (Wildman–Crippen MR) is 108 cm³/mol. The molecule has 1 fully saturated rings. The third-order valence-electron chi connectivity index (χ3n) is 5.14. The lowest BCUT2D eigenvalue weighted by molar-refractivity contribution is 0.0375. The molecule has 4 heteroatoms. The number of rotatable bonds is 6. The van der Waals surface area contributed by atoms with E-state index in [1.54, 1.807) is 0 Å². The van der Waals surface area contributed by atoms with Gasteiger partial charge in [-0.05, 0) is 48.7 Å². The van der Waals surface area contributed by atoms with Crippen LogP contribution < -0.4 is 0 Å². The Kier molecular flexibility index (Phi) is 5.59. The molecule has 0 aliphatic carbocycles. The van der Waals surface area contributed by atoms with Crippen molar-refractivity contribution in [2.75, 3.05) is 32.8 Å². The minimum atomic E-state index is 0.796. The monoisotopic (exact) mass is 368 g/mol. The normalized spacial score (nSPS) is 15.6. The van der Waals surface area contributed by atoms with Crippen molar-refractivity contribution in [3.05, 3.63) is 70.9 Å². The van der Waals surface area contributed by atoms with Gasteiger partial charge in [0, 0.05) is 41.8 Å². The summed E-state index contributed by atoms with van der Waals surface area (Å²) in [5, 5.41) is 2.17. The van der Waals surface area contributed by atoms with E-state index in [2.05, 4.69) is 52.1 Å². The summed E-state index contributed by atoms with van der Waals surface area (Å²) in [5.41, 5.74) is 3.97. The maximum Gasteiger partial charge on any atom is 0.0594 e. The van der Waals surface area contributed by atoms with E-state index >= 15 is 0 Å². The van der Waals surface area contributed by atoms with E-state index in [4.69, 9.17) is 16.3 Å². The molecule has 3 aromatic rings. The van der Waals surface area contributed by atoms with Crippen LogP contribution in [0, 0.1) is 0 Å². The highest BCUT2D eigenvalue weighted by Crippen LogP contribution is 2.24. The summed E-state index contributed by atoms with van der Waals surface area (Å²) < 4.78 is 7.79. The summed E-state index contributed by atoms with van der Waals surface area (Å²) in [6.45, 7) is 5.88. The largest absolute Gasteiger partial charge is 0.379 e. The van der Waals surface area contributed by atoms with Crippen LogP contribution in [-0.4, -0.2) is 42.3 Å². The fourth-order valence-corrected chi connectivity index (χ4v) is 4.02. The summed E-state index contributed by atoms with van der Waals surface area (Å²) in [4.78, 5) is 2.51. The topological polar surface area (TPSA) is 17.4 Å². The predicted octanol–water partition coefficient (Wildman–Crippen LogP) is 4.61. The van der Waals surface area contributed by atoms with Crippen LogP contribution in [0.15, 0.2) is 54.7 Å². The molecule has 1 aromatic heterocycles. The molecule has 136 valence electrons. The maximum atomic E-state index is 6.15. The van der Waals surface area contributed by atoms with Gasteiger partial charge in [0.25, 0.3) is 0 Å². The van der Waals surface area contributed by atoms with Crippen LogP contribution in [-0.2, 0) is 17.7 Å². The molecule has 0 spiro atoms. The Morgan fingerprint density at radius 2 is 1.85 bits per heavy atom. The first kappa shape index (κ1) is 17.6. The number of ether oxygens (including phenoxy) is 1. The van der Waals surface area contributed by atoms with Crippen LogP contribution in [0.25, 0.3) is 10.9 Å². The molecule has 3 nitrogen and oxygen atoms in total. The molecule has 0 unspecified atom stereocenters. The minimum absolute atomic E-state index is 0.796. The highest BCUT2D eigenvalue weighted by Gasteiger charge is 2.12. The van der Waals surface area contributed by atoms with Gasteiger partial charge in [-0.15, -0.1) is 0 Å². The second-order valence-electron chi connectivity index (χ2n) is 6.99. The molecule has 0 saturated carbocycles. The standard InChI is InChI=1S/C22H25ClN2O/c23-20-7-3-5-18(15-20)16-25-17-19(21-8-1-2-9-22(21)25)6-4-10-24-11-13-26-14-12-24/h1-3,5,7-9,15,17H,4,6,10-14,16H2. The Labute approximate surface area is 160 Å². The quantitative estimate of drug-likeness (QED) is 0.632. The van der Waals surface area contributed by atoms with Crippen LogP contribution in [0.3, 0.4) is 0 Å². The first-order valence-corrected chi connectivity index (χ1v) is 9.79.